The van der Waals surface area contributed by atoms with E-state index >= 15 is 0 Å². The Morgan fingerprint density at radius 2 is 0.880 bits per heavy atom. The van der Waals surface area contributed by atoms with Gasteiger partial charge in [-0.3, -0.25) is 4.79 Å². The first-order chi connectivity index (χ1) is 11.9. The highest BCUT2D eigenvalue weighted by Gasteiger charge is 2.05. The molecule has 1 amide bonds. The maximum absolute atomic E-state index is 11.8. The fourth-order valence-electron chi connectivity index (χ4n) is 1.90. The summed E-state index contributed by atoms with van der Waals surface area (Å²) >= 11 is 0. The van der Waals surface area contributed by atoms with Gasteiger partial charge in [-0.25, -0.2) is 0 Å². The fraction of sp³-hybridized carbons (Fsp3) is 0. The van der Waals surface area contributed by atoms with Crippen LogP contribution in [0.5, 0.6) is 0 Å². The van der Waals surface area contributed by atoms with Crippen LogP contribution in [0.3, 0.4) is 0 Å². The smallest absolute Gasteiger partial charge is 0.255 e. The minimum atomic E-state index is -0.172. The lowest BCUT2D eigenvalue weighted by Gasteiger charge is -2.05. The van der Waals surface area contributed by atoms with Crippen LogP contribution in [0.1, 0.15) is 10.4 Å². The van der Waals surface area contributed by atoms with Crippen LogP contribution >= 0.6 is 0 Å². The average molecular weight is 335 g/mol. The number of benzene rings is 3. The Morgan fingerprint density at radius 3 is 1.28 bits per heavy atom. The molecule has 0 fully saturated rings. The molecule has 0 radical (unpaired) electrons. The Labute approximate surface area is 146 Å². The van der Waals surface area contributed by atoms with E-state index in [0.29, 0.717) is 22.6 Å². The summed E-state index contributed by atoms with van der Waals surface area (Å²) in [6.45, 7) is 0. The molecule has 6 heteroatoms. The van der Waals surface area contributed by atoms with Crippen LogP contribution in [0.25, 0.3) is 0 Å². The molecule has 6 nitrogen and oxygen atoms in total. The van der Waals surface area contributed by atoms with Gasteiger partial charge in [0.05, 0.1) is 0 Å². The number of amides is 1. The van der Waals surface area contributed by atoms with E-state index in [9.17, 15) is 4.79 Å². The molecule has 0 aliphatic carbocycles. The Kier molecular flexibility index (Phi) is 5.84. The number of carbonyl (C=O) groups is 1. The Bertz CT molecular complexity index is 791. The van der Waals surface area contributed by atoms with Crippen molar-refractivity contribution in [3.8, 4) is 0 Å². The minimum absolute atomic E-state index is 0.172. The number of nitrogens with two attached hydrogens (primary N) is 4. The number of nitrogens with one attached hydrogen (secondary N) is 1. The summed E-state index contributed by atoms with van der Waals surface area (Å²) in [5, 5.41) is 2.77. The zero-order valence-corrected chi connectivity index (χ0v) is 13.6. The van der Waals surface area contributed by atoms with Gasteiger partial charge in [-0.15, -0.1) is 0 Å². The predicted molar refractivity (Wildman–Crippen MR) is 105 cm³/mol. The lowest BCUT2D eigenvalue weighted by molar-refractivity contribution is 0.102. The third-order valence-electron chi connectivity index (χ3n) is 3.28. The van der Waals surface area contributed by atoms with E-state index in [1.807, 2.05) is 0 Å². The normalized spacial score (nSPS) is 9.60. The lowest BCUT2D eigenvalue weighted by atomic mass is 10.2. The molecule has 0 aliphatic heterocycles. The summed E-state index contributed by atoms with van der Waals surface area (Å²) < 4.78 is 0. The lowest BCUT2D eigenvalue weighted by Crippen LogP contribution is -2.11. The quantitative estimate of drug-likeness (QED) is 0.459. The number of anilines is 5. The van der Waals surface area contributed by atoms with Gasteiger partial charge in [-0.2, -0.15) is 0 Å². The number of carbonyl (C=O) groups excluding carboxylic acids is 1. The van der Waals surface area contributed by atoms with Gasteiger partial charge in [-0.1, -0.05) is 0 Å². The number of nitrogen functional groups attached to an aromatic ring is 4. The molecular formula is C19H21N5O. The van der Waals surface area contributed by atoms with E-state index < -0.39 is 0 Å². The summed E-state index contributed by atoms with van der Waals surface area (Å²) in [4.78, 5) is 11.8. The van der Waals surface area contributed by atoms with Gasteiger partial charge in [0.25, 0.3) is 5.91 Å². The second-order valence-electron chi connectivity index (χ2n) is 5.36. The van der Waals surface area contributed by atoms with E-state index in [4.69, 9.17) is 22.9 Å². The Balaban J connectivity index is 0.000000236. The van der Waals surface area contributed by atoms with E-state index in [2.05, 4.69) is 5.32 Å². The van der Waals surface area contributed by atoms with Crippen molar-refractivity contribution in [2.45, 2.75) is 0 Å². The Hall–Kier alpha value is -3.67. The number of hydrogen-bond acceptors (Lipinski definition) is 5. The van der Waals surface area contributed by atoms with Gasteiger partial charge < -0.3 is 28.3 Å². The monoisotopic (exact) mass is 335 g/mol. The summed E-state index contributed by atoms with van der Waals surface area (Å²) in [5.41, 5.74) is 25.9. The van der Waals surface area contributed by atoms with Gasteiger partial charge in [0.15, 0.2) is 0 Å². The molecule has 128 valence electrons. The maximum Gasteiger partial charge on any atom is 0.255 e. The van der Waals surface area contributed by atoms with Crippen molar-refractivity contribution in [1.82, 2.24) is 0 Å². The molecule has 0 spiro atoms. The van der Waals surface area contributed by atoms with E-state index in [1.54, 1.807) is 72.8 Å². The standard InChI is InChI=1S/C13H13N3O.C6H8N2/c14-10-3-1-9(2-4-10)13(17)16-12-7-5-11(15)6-8-12;7-5-1-2-6(8)4-3-5/h1-8H,14-15H2,(H,16,17);1-4H,7-8H2. The summed E-state index contributed by atoms with van der Waals surface area (Å²) in [6.07, 6.45) is 0. The predicted octanol–water partition coefficient (Wildman–Crippen LogP) is 2.95. The zero-order chi connectivity index (χ0) is 18.2. The van der Waals surface area contributed by atoms with Crippen LogP contribution in [0, 0.1) is 0 Å². The van der Waals surface area contributed by atoms with Crippen molar-refractivity contribution in [2.75, 3.05) is 28.3 Å². The molecule has 9 N–H and O–H groups in total. The van der Waals surface area contributed by atoms with Gasteiger partial charge in [-0.05, 0) is 72.8 Å². The van der Waals surface area contributed by atoms with Crippen molar-refractivity contribution < 1.29 is 4.79 Å². The maximum atomic E-state index is 11.8. The van der Waals surface area contributed by atoms with Crippen molar-refractivity contribution in [1.29, 1.82) is 0 Å². The molecule has 0 atom stereocenters. The van der Waals surface area contributed by atoms with Gasteiger partial charge in [0.2, 0.25) is 0 Å². The summed E-state index contributed by atoms with van der Waals surface area (Å²) in [7, 11) is 0. The molecule has 0 bridgehead atoms. The van der Waals surface area contributed by atoms with E-state index in [-0.39, 0.29) is 5.91 Å². The molecule has 3 rings (SSSR count). The minimum Gasteiger partial charge on any atom is -0.399 e. The number of hydrogen-bond donors (Lipinski definition) is 5. The first-order valence-electron chi connectivity index (χ1n) is 7.57. The van der Waals surface area contributed by atoms with Gasteiger partial charge in [0, 0.05) is 34.0 Å². The molecule has 3 aromatic carbocycles. The summed E-state index contributed by atoms with van der Waals surface area (Å²) in [5.74, 6) is -0.172. The molecular weight excluding hydrogens is 314 g/mol. The second kappa shape index (κ2) is 8.26. The van der Waals surface area contributed by atoms with E-state index in [0.717, 1.165) is 11.4 Å². The van der Waals surface area contributed by atoms with Crippen LogP contribution in [0.15, 0.2) is 72.8 Å². The van der Waals surface area contributed by atoms with Crippen LogP contribution in [0.2, 0.25) is 0 Å². The second-order valence-corrected chi connectivity index (χ2v) is 5.36. The molecule has 0 saturated heterocycles. The van der Waals surface area contributed by atoms with Crippen molar-refractivity contribution in [2.24, 2.45) is 0 Å². The summed E-state index contributed by atoms with van der Waals surface area (Å²) in [6, 6.07) is 20.8. The molecule has 0 aliphatic rings. The largest absolute Gasteiger partial charge is 0.399 e. The highest BCUT2D eigenvalue weighted by atomic mass is 16.1. The first kappa shape index (κ1) is 17.7. The molecule has 0 aromatic heterocycles. The molecule has 0 unspecified atom stereocenters. The molecule has 0 saturated carbocycles. The topological polar surface area (TPSA) is 133 Å². The van der Waals surface area contributed by atoms with Gasteiger partial charge >= 0.3 is 0 Å². The molecule has 3 aromatic rings. The SMILES string of the molecule is Nc1ccc(N)cc1.Nc1ccc(NC(=O)c2ccc(N)cc2)cc1. The fourth-order valence-corrected chi connectivity index (χ4v) is 1.90. The molecule has 25 heavy (non-hydrogen) atoms. The van der Waals surface area contributed by atoms with Crippen LogP contribution in [-0.2, 0) is 0 Å². The van der Waals surface area contributed by atoms with Gasteiger partial charge in [0.1, 0.15) is 0 Å². The van der Waals surface area contributed by atoms with Crippen LogP contribution in [0.4, 0.5) is 28.4 Å². The highest BCUT2D eigenvalue weighted by molar-refractivity contribution is 6.04. The van der Waals surface area contributed by atoms with Crippen LogP contribution < -0.4 is 28.3 Å². The van der Waals surface area contributed by atoms with Crippen LogP contribution in [-0.4, -0.2) is 5.91 Å². The van der Waals surface area contributed by atoms with Crippen molar-refractivity contribution in [3.63, 3.8) is 0 Å². The van der Waals surface area contributed by atoms with Crippen molar-refractivity contribution in [3.05, 3.63) is 78.4 Å². The third kappa shape index (κ3) is 5.80. The third-order valence-corrected chi connectivity index (χ3v) is 3.28. The zero-order valence-electron chi connectivity index (χ0n) is 13.6. The number of rotatable bonds is 2. The van der Waals surface area contributed by atoms with E-state index in [1.165, 1.54) is 0 Å². The first-order valence-corrected chi connectivity index (χ1v) is 7.57. The highest BCUT2D eigenvalue weighted by Crippen LogP contribution is 2.13. The Morgan fingerprint density at radius 1 is 0.560 bits per heavy atom. The van der Waals surface area contributed by atoms with Crippen molar-refractivity contribution >= 4 is 34.3 Å². The average Bonchev–Trinajstić information content (AvgIpc) is 2.61. The molecule has 0 heterocycles.